The molecule has 0 radical (unpaired) electrons. The van der Waals surface area contributed by atoms with Gasteiger partial charge >= 0.3 is 6.03 Å². The molecule has 0 saturated heterocycles. The molecule has 8 heteroatoms. The fraction of sp³-hybridized carbons (Fsp3) is 0.0667. The number of benzene rings is 1. The van der Waals surface area contributed by atoms with Crippen LogP contribution in [0.25, 0.3) is 10.6 Å². The number of pyridine rings is 1. The van der Waals surface area contributed by atoms with Crippen LogP contribution in [0.1, 0.15) is 5.56 Å². The van der Waals surface area contributed by atoms with Gasteiger partial charge in [0.15, 0.2) is 5.01 Å². The van der Waals surface area contributed by atoms with Crippen molar-refractivity contribution in [1.29, 1.82) is 0 Å². The number of urea groups is 1. The Morgan fingerprint density at radius 1 is 1.22 bits per heavy atom. The number of aryl methyl sites for hydroxylation is 1. The molecule has 0 aliphatic rings. The standard InChI is InChI=1S/C15H12BrN5OS/c1-9-7-11(4-5-12(9)16)18-14(22)19-15-21-20-13(23-15)10-3-2-6-17-8-10/h2-8H,1H3,(H2,18,19,21,22). The van der Waals surface area contributed by atoms with E-state index in [0.29, 0.717) is 15.8 Å². The van der Waals surface area contributed by atoms with Crippen molar-refractivity contribution in [2.24, 2.45) is 0 Å². The van der Waals surface area contributed by atoms with Gasteiger partial charge in [0.1, 0.15) is 0 Å². The third-order valence-corrected chi connectivity index (χ3v) is 4.75. The van der Waals surface area contributed by atoms with Crippen molar-refractivity contribution in [1.82, 2.24) is 15.2 Å². The van der Waals surface area contributed by atoms with Crippen LogP contribution in [0.15, 0.2) is 47.2 Å². The molecule has 2 heterocycles. The van der Waals surface area contributed by atoms with E-state index in [1.165, 1.54) is 11.3 Å². The van der Waals surface area contributed by atoms with E-state index in [1.54, 1.807) is 12.4 Å². The number of anilines is 2. The first-order valence-electron chi connectivity index (χ1n) is 6.70. The Bertz CT molecular complexity index is 837. The summed E-state index contributed by atoms with van der Waals surface area (Å²) in [4.78, 5) is 16.1. The van der Waals surface area contributed by atoms with Crippen molar-refractivity contribution >= 4 is 44.1 Å². The number of carbonyl (C=O) groups excluding carboxylic acids is 1. The lowest BCUT2D eigenvalue weighted by molar-refractivity contribution is 0.262. The molecule has 0 aliphatic carbocycles. The van der Waals surface area contributed by atoms with Crippen LogP contribution in [0.3, 0.4) is 0 Å². The van der Waals surface area contributed by atoms with E-state index in [9.17, 15) is 4.79 Å². The predicted octanol–water partition coefficient (Wildman–Crippen LogP) is 4.32. The summed E-state index contributed by atoms with van der Waals surface area (Å²) in [6.07, 6.45) is 3.40. The first-order valence-corrected chi connectivity index (χ1v) is 8.31. The molecule has 2 N–H and O–H groups in total. The smallest absolute Gasteiger partial charge is 0.308 e. The minimum Gasteiger partial charge on any atom is -0.308 e. The molecule has 6 nitrogen and oxygen atoms in total. The number of hydrogen-bond donors (Lipinski definition) is 2. The second kappa shape index (κ2) is 6.84. The molecule has 3 rings (SSSR count). The van der Waals surface area contributed by atoms with Crippen molar-refractivity contribution in [3.63, 3.8) is 0 Å². The van der Waals surface area contributed by atoms with Crippen LogP contribution >= 0.6 is 27.3 Å². The largest absolute Gasteiger partial charge is 0.325 e. The van der Waals surface area contributed by atoms with Crippen LogP contribution in [0, 0.1) is 6.92 Å². The second-order valence-corrected chi connectivity index (χ2v) is 6.53. The van der Waals surface area contributed by atoms with E-state index in [0.717, 1.165) is 15.6 Å². The molecule has 2 aromatic heterocycles. The monoisotopic (exact) mass is 389 g/mol. The molecule has 2 amide bonds. The second-order valence-electron chi connectivity index (χ2n) is 4.70. The summed E-state index contributed by atoms with van der Waals surface area (Å²) >= 11 is 4.71. The van der Waals surface area contributed by atoms with Crippen molar-refractivity contribution in [2.45, 2.75) is 6.92 Å². The summed E-state index contributed by atoms with van der Waals surface area (Å²) in [6.45, 7) is 1.96. The van der Waals surface area contributed by atoms with Crippen molar-refractivity contribution < 1.29 is 4.79 Å². The highest BCUT2D eigenvalue weighted by atomic mass is 79.9. The molecule has 23 heavy (non-hydrogen) atoms. The average molecular weight is 390 g/mol. The number of rotatable bonds is 3. The number of nitrogens with zero attached hydrogens (tertiary/aromatic N) is 3. The van der Waals surface area contributed by atoms with Crippen LogP contribution in [-0.4, -0.2) is 21.2 Å². The van der Waals surface area contributed by atoms with Crippen LogP contribution in [0.5, 0.6) is 0 Å². The molecule has 0 fully saturated rings. The van der Waals surface area contributed by atoms with E-state index >= 15 is 0 Å². The zero-order valence-electron chi connectivity index (χ0n) is 12.1. The van der Waals surface area contributed by atoms with Gasteiger partial charge in [-0.25, -0.2) is 4.79 Å². The van der Waals surface area contributed by atoms with Gasteiger partial charge < -0.3 is 5.32 Å². The maximum Gasteiger partial charge on any atom is 0.325 e. The predicted molar refractivity (Wildman–Crippen MR) is 94.7 cm³/mol. The maximum absolute atomic E-state index is 12.0. The Morgan fingerprint density at radius 3 is 2.83 bits per heavy atom. The van der Waals surface area contributed by atoms with Crippen molar-refractivity contribution in [3.05, 3.63) is 52.8 Å². The first-order chi connectivity index (χ1) is 11.1. The number of amides is 2. The summed E-state index contributed by atoms with van der Waals surface area (Å²) in [5, 5.41) is 14.6. The molecule has 0 saturated carbocycles. The van der Waals surface area contributed by atoms with Gasteiger partial charge in [-0.1, -0.05) is 27.3 Å². The van der Waals surface area contributed by atoms with Gasteiger partial charge in [0, 0.05) is 28.1 Å². The summed E-state index contributed by atoms with van der Waals surface area (Å²) in [7, 11) is 0. The summed E-state index contributed by atoms with van der Waals surface area (Å²) in [5.74, 6) is 0. The van der Waals surface area contributed by atoms with Gasteiger partial charge in [-0.2, -0.15) is 0 Å². The molecule has 0 spiro atoms. The lowest BCUT2D eigenvalue weighted by Crippen LogP contribution is -2.19. The molecule has 3 aromatic rings. The Labute approximate surface area is 145 Å². The highest BCUT2D eigenvalue weighted by Gasteiger charge is 2.10. The number of hydrogen-bond acceptors (Lipinski definition) is 5. The SMILES string of the molecule is Cc1cc(NC(=O)Nc2nnc(-c3cccnc3)s2)ccc1Br. The third kappa shape index (κ3) is 3.91. The number of nitrogens with one attached hydrogen (secondary N) is 2. The zero-order chi connectivity index (χ0) is 16.2. The molecule has 0 aliphatic heterocycles. The zero-order valence-corrected chi connectivity index (χ0v) is 14.5. The maximum atomic E-state index is 12.0. The van der Waals surface area contributed by atoms with Gasteiger partial charge in [-0.15, -0.1) is 10.2 Å². The van der Waals surface area contributed by atoms with Gasteiger partial charge in [0.2, 0.25) is 5.13 Å². The molecule has 0 bridgehead atoms. The van der Waals surface area contributed by atoms with Crippen molar-refractivity contribution in [2.75, 3.05) is 10.6 Å². The van der Waals surface area contributed by atoms with Crippen LogP contribution in [0.2, 0.25) is 0 Å². The van der Waals surface area contributed by atoms with Gasteiger partial charge in [0.25, 0.3) is 0 Å². The minimum absolute atomic E-state index is 0.361. The van der Waals surface area contributed by atoms with Crippen LogP contribution in [0.4, 0.5) is 15.6 Å². The highest BCUT2D eigenvalue weighted by molar-refractivity contribution is 9.10. The molecule has 0 unspecified atom stereocenters. The fourth-order valence-corrected chi connectivity index (χ4v) is 2.84. The number of carbonyl (C=O) groups is 1. The average Bonchev–Trinajstić information content (AvgIpc) is 3.00. The third-order valence-electron chi connectivity index (χ3n) is 2.97. The quantitative estimate of drug-likeness (QED) is 0.698. The molecule has 1 aromatic carbocycles. The minimum atomic E-state index is -0.361. The van der Waals surface area contributed by atoms with Gasteiger partial charge in [-0.3, -0.25) is 10.3 Å². The van der Waals surface area contributed by atoms with Gasteiger partial charge in [0.05, 0.1) is 0 Å². The first kappa shape index (κ1) is 15.6. The van der Waals surface area contributed by atoms with E-state index in [2.05, 4.69) is 41.7 Å². The summed E-state index contributed by atoms with van der Waals surface area (Å²) < 4.78 is 0.994. The van der Waals surface area contributed by atoms with E-state index in [-0.39, 0.29) is 6.03 Å². The summed E-state index contributed by atoms with van der Waals surface area (Å²) in [5.41, 5.74) is 2.61. The molecule has 0 atom stereocenters. The lowest BCUT2D eigenvalue weighted by atomic mass is 10.2. The van der Waals surface area contributed by atoms with Crippen LogP contribution < -0.4 is 10.6 Å². The molecular formula is C15H12BrN5OS. The van der Waals surface area contributed by atoms with Crippen molar-refractivity contribution in [3.8, 4) is 10.6 Å². The van der Waals surface area contributed by atoms with E-state index in [1.807, 2.05) is 37.3 Å². The summed E-state index contributed by atoms with van der Waals surface area (Å²) in [6, 6.07) is 8.94. The topological polar surface area (TPSA) is 79.8 Å². The van der Waals surface area contributed by atoms with E-state index in [4.69, 9.17) is 0 Å². The lowest BCUT2D eigenvalue weighted by Gasteiger charge is -2.06. The van der Waals surface area contributed by atoms with Crippen LogP contribution in [-0.2, 0) is 0 Å². The van der Waals surface area contributed by atoms with E-state index < -0.39 is 0 Å². The highest BCUT2D eigenvalue weighted by Crippen LogP contribution is 2.25. The Morgan fingerprint density at radius 2 is 2.09 bits per heavy atom. The Hall–Kier alpha value is -2.32. The van der Waals surface area contributed by atoms with Gasteiger partial charge in [-0.05, 0) is 42.8 Å². The number of halogens is 1. The fourth-order valence-electron chi connectivity index (χ4n) is 1.86. The normalized spacial score (nSPS) is 10.3. The Kier molecular flexibility index (Phi) is 4.63. The Balaban J connectivity index is 1.66. The molecule has 116 valence electrons. The number of aromatic nitrogens is 3. The molecular weight excluding hydrogens is 378 g/mol.